The standard InChI is InChI=1S/C7H5ClN2/c8-7(4-9)6-2-1-3-10-5-6/h1-3,5,7H. The number of halogens is 1. The Bertz CT molecular complexity index is 240. The van der Waals surface area contributed by atoms with Crippen molar-refractivity contribution in [2.45, 2.75) is 5.38 Å². The van der Waals surface area contributed by atoms with E-state index in [1.165, 1.54) is 0 Å². The fraction of sp³-hybridized carbons (Fsp3) is 0.143. The van der Waals surface area contributed by atoms with Crippen molar-refractivity contribution in [2.24, 2.45) is 0 Å². The van der Waals surface area contributed by atoms with Gasteiger partial charge in [-0.15, -0.1) is 11.6 Å². The number of nitrogens with zero attached hydrogens (tertiary/aromatic N) is 2. The summed E-state index contributed by atoms with van der Waals surface area (Å²) in [7, 11) is 0. The maximum atomic E-state index is 8.38. The number of aromatic nitrogens is 1. The van der Waals surface area contributed by atoms with Crippen molar-refractivity contribution in [3.05, 3.63) is 30.1 Å². The molecule has 1 atom stereocenters. The van der Waals surface area contributed by atoms with Gasteiger partial charge in [0.2, 0.25) is 0 Å². The maximum Gasteiger partial charge on any atom is 0.147 e. The van der Waals surface area contributed by atoms with Crippen LogP contribution in [0.1, 0.15) is 10.9 Å². The highest BCUT2D eigenvalue weighted by atomic mass is 35.5. The third-order valence-corrected chi connectivity index (χ3v) is 1.44. The van der Waals surface area contributed by atoms with Gasteiger partial charge in [0, 0.05) is 18.0 Å². The average molecular weight is 153 g/mol. The van der Waals surface area contributed by atoms with Gasteiger partial charge >= 0.3 is 0 Å². The van der Waals surface area contributed by atoms with Crippen LogP contribution < -0.4 is 0 Å². The first-order chi connectivity index (χ1) is 4.84. The molecule has 10 heavy (non-hydrogen) atoms. The van der Waals surface area contributed by atoms with Gasteiger partial charge in [-0.05, 0) is 6.07 Å². The van der Waals surface area contributed by atoms with Crippen LogP contribution in [0.5, 0.6) is 0 Å². The molecular weight excluding hydrogens is 148 g/mol. The quantitative estimate of drug-likeness (QED) is 0.577. The summed E-state index contributed by atoms with van der Waals surface area (Å²) in [6.07, 6.45) is 3.23. The molecule has 0 amide bonds. The molecule has 50 valence electrons. The molecule has 3 heteroatoms. The summed E-state index contributed by atoms with van der Waals surface area (Å²) in [5, 5.41) is 7.80. The summed E-state index contributed by atoms with van der Waals surface area (Å²) in [5.41, 5.74) is 0.742. The molecule has 1 aromatic rings. The van der Waals surface area contributed by atoms with Gasteiger partial charge < -0.3 is 0 Å². The number of rotatable bonds is 1. The molecule has 0 fully saturated rings. The normalized spacial score (nSPS) is 12.0. The molecule has 0 spiro atoms. The molecule has 0 saturated carbocycles. The summed E-state index contributed by atoms with van der Waals surface area (Å²) in [4.78, 5) is 3.82. The Morgan fingerprint density at radius 2 is 2.50 bits per heavy atom. The van der Waals surface area contributed by atoms with E-state index in [0.717, 1.165) is 5.56 Å². The van der Waals surface area contributed by atoms with E-state index in [2.05, 4.69) is 4.98 Å². The van der Waals surface area contributed by atoms with Gasteiger partial charge in [-0.3, -0.25) is 4.98 Å². The molecular formula is C7H5ClN2. The highest BCUT2D eigenvalue weighted by molar-refractivity contribution is 6.22. The molecule has 0 aromatic carbocycles. The van der Waals surface area contributed by atoms with Crippen molar-refractivity contribution in [1.29, 1.82) is 5.26 Å². The summed E-state index contributed by atoms with van der Waals surface area (Å²) in [6, 6.07) is 5.43. The first-order valence-corrected chi connectivity index (χ1v) is 3.22. The van der Waals surface area contributed by atoms with Crippen LogP contribution in [0.2, 0.25) is 0 Å². The highest BCUT2D eigenvalue weighted by Gasteiger charge is 2.03. The van der Waals surface area contributed by atoms with Crippen molar-refractivity contribution in [1.82, 2.24) is 4.98 Å². The number of hydrogen-bond donors (Lipinski definition) is 0. The van der Waals surface area contributed by atoms with Crippen molar-refractivity contribution in [2.75, 3.05) is 0 Å². The van der Waals surface area contributed by atoms with E-state index < -0.39 is 5.38 Å². The molecule has 0 aliphatic rings. The second kappa shape index (κ2) is 3.19. The largest absolute Gasteiger partial charge is 0.264 e. The lowest BCUT2D eigenvalue weighted by Crippen LogP contribution is -1.85. The SMILES string of the molecule is N#CC(Cl)c1cccnc1. The summed E-state index contributed by atoms with van der Waals surface area (Å²) < 4.78 is 0. The van der Waals surface area contributed by atoms with Gasteiger partial charge in [0.15, 0.2) is 0 Å². The van der Waals surface area contributed by atoms with E-state index in [1.54, 1.807) is 24.5 Å². The van der Waals surface area contributed by atoms with Crippen LogP contribution in [0, 0.1) is 11.3 Å². The molecule has 1 heterocycles. The van der Waals surface area contributed by atoms with Gasteiger partial charge in [-0.2, -0.15) is 5.26 Å². The molecule has 0 radical (unpaired) electrons. The minimum Gasteiger partial charge on any atom is -0.264 e. The lowest BCUT2D eigenvalue weighted by atomic mass is 10.2. The topological polar surface area (TPSA) is 36.7 Å². The highest BCUT2D eigenvalue weighted by Crippen LogP contribution is 2.16. The van der Waals surface area contributed by atoms with E-state index >= 15 is 0 Å². The van der Waals surface area contributed by atoms with Gasteiger partial charge in [0.05, 0.1) is 6.07 Å². The lowest BCUT2D eigenvalue weighted by molar-refractivity contribution is 1.16. The Kier molecular flexibility index (Phi) is 2.24. The smallest absolute Gasteiger partial charge is 0.147 e. The van der Waals surface area contributed by atoms with Crippen LogP contribution in [0.15, 0.2) is 24.5 Å². The van der Waals surface area contributed by atoms with Crippen LogP contribution in [0.25, 0.3) is 0 Å². The lowest BCUT2D eigenvalue weighted by Gasteiger charge is -1.96. The zero-order valence-corrected chi connectivity index (χ0v) is 5.92. The Morgan fingerprint density at radius 3 is 3.00 bits per heavy atom. The van der Waals surface area contributed by atoms with E-state index in [9.17, 15) is 0 Å². The molecule has 1 unspecified atom stereocenters. The molecule has 0 saturated heterocycles. The fourth-order valence-electron chi connectivity index (χ4n) is 0.600. The molecule has 0 N–H and O–H groups in total. The number of alkyl halides is 1. The second-order valence-corrected chi connectivity index (χ2v) is 2.21. The Balaban J connectivity index is 2.88. The first-order valence-electron chi connectivity index (χ1n) is 2.78. The summed E-state index contributed by atoms with van der Waals surface area (Å²) in [6.45, 7) is 0. The van der Waals surface area contributed by atoms with Crippen molar-refractivity contribution in [3.63, 3.8) is 0 Å². The minimum atomic E-state index is -0.575. The second-order valence-electron chi connectivity index (χ2n) is 1.78. The maximum absolute atomic E-state index is 8.38. The molecule has 0 bridgehead atoms. The third-order valence-electron chi connectivity index (χ3n) is 1.09. The molecule has 2 nitrogen and oxygen atoms in total. The van der Waals surface area contributed by atoms with Crippen LogP contribution in [-0.4, -0.2) is 4.98 Å². The Labute approximate surface area is 64.1 Å². The summed E-state index contributed by atoms with van der Waals surface area (Å²) in [5.74, 6) is 0. The van der Waals surface area contributed by atoms with E-state index in [1.807, 2.05) is 6.07 Å². The van der Waals surface area contributed by atoms with Gasteiger partial charge in [0.25, 0.3) is 0 Å². The zero-order valence-electron chi connectivity index (χ0n) is 5.16. The number of pyridine rings is 1. The zero-order chi connectivity index (χ0) is 7.40. The van der Waals surface area contributed by atoms with E-state index in [0.29, 0.717) is 0 Å². The monoisotopic (exact) mass is 152 g/mol. The Hall–Kier alpha value is -1.07. The minimum absolute atomic E-state index is 0.575. The third kappa shape index (κ3) is 1.46. The first kappa shape index (κ1) is 7.04. The Morgan fingerprint density at radius 1 is 1.70 bits per heavy atom. The van der Waals surface area contributed by atoms with E-state index in [4.69, 9.17) is 16.9 Å². The van der Waals surface area contributed by atoms with Crippen LogP contribution >= 0.6 is 11.6 Å². The van der Waals surface area contributed by atoms with Gasteiger partial charge in [0.1, 0.15) is 5.38 Å². The number of hydrogen-bond acceptors (Lipinski definition) is 2. The van der Waals surface area contributed by atoms with Crippen molar-refractivity contribution >= 4 is 11.6 Å². The molecule has 1 aromatic heterocycles. The van der Waals surface area contributed by atoms with Gasteiger partial charge in [-0.25, -0.2) is 0 Å². The fourth-order valence-corrected chi connectivity index (χ4v) is 0.730. The summed E-state index contributed by atoms with van der Waals surface area (Å²) >= 11 is 5.59. The van der Waals surface area contributed by atoms with Crippen molar-refractivity contribution < 1.29 is 0 Å². The predicted molar refractivity (Wildman–Crippen MR) is 38.4 cm³/mol. The van der Waals surface area contributed by atoms with Crippen molar-refractivity contribution in [3.8, 4) is 6.07 Å². The molecule has 0 aliphatic carbocycles. The predicted octanol–water partition coefficient (Wildman–Crippen LogP) is 1.89. The van der Waals surface area contributed by atoms with Crippen LogP contribution in [-0.2, 0) is 0 Å². The van der Waals surface area contributed by atoms with Crippen LogP contribution in [0.4, 0.5) is 0 Å². The van der Waals surface area contributed by atoms with E-state index in [-0.39, 0.29) is 0 Å². The number of nitriles is 1. The molecule has 0 aliphatic heterocycles. The molecule has 1 rings (SSSR count). The van der Waals surface area contributed by atoms with Crippen LogP contribution in [0.3, 0.4) is 0 Å². The van der Waals surface area contributed by atoms with Gasteiger partial charge in [-0.1, -0.05) is 6.07 Å². The average Bonchev–Trinajstić information content (AvgIpc) is 2.05.